The highest BCUT2D eigenvalue weighted by atomic mass is 79.9. The van der Waals surface area contributed by atoms with Crippen molar-refractivity contribution < 1.29 is 19.1 Å². The van der Waals surface area contributed by atoms with E-state index < -0.39 is 23.7 Å². The first-order valence-electron chi connectivity index (χ1n) is 7.53. The second-order valence-corrected chi connectivity index (χ2v) is 6.88. The molecule has 1 N–H and O–H groups in total. The molecule has 1 atom stereocenters. The number of carboxylic acids is 1. The number of carboxylic acid groups (broad SMARTS) is 1. The Morgan fingerprint density at radius 2 is 2.21 bits per heavy atom. The van der Waals surface area contributed by atoms with E-state index in [2.05, 4.69) is 20.9 Å². The zero-order valence-corrected chi connectivity index (χ0v) is 14.1. The fourth-order valence-electron chi connectivity index (χ4n) is 3.49. The summed E-state index contributed by atoms with van der Waals surface area (Å²) in [5.41, 5.74) is 1.64. The Hall–Kier alpha value is -2.22. The molecule has 0 aliphatic carbocycles. The Balaban J connectivity index is 1.77. The number of hydrogen-bond acceptors (Lipinski definition) is 3. The molecule has 0 spiro atoms. The van der Waals surface area contributed by atoms with Crippen LogP contribution in [-0.2, 0) is 24.3 Å². The SMILES string of the molecule is O=C(O)C(c1ncn2c1CCC2)N1Cc2c(F)cc(Br)cc2C1=O. The van der Waals surface area contributed by atoms with E-state index in [-0.39, 0.29) is 17.7 Å². The van der Waals surface area contributed by atoms with Crippen LogP contribution >= 0.6 is 15.9 Å². The molecule has 24 heavy (non-hydrogen) atoms. The van der Waals surface area contributed by atoms with Gasteiger partial charge in [-0.1, -0.05) is 15.9 Å². The lowest BCUT2D eigenvalue weighted by Crippen LogP contribution is -2.35. The third kappa shape index (κ3) is 2.16. The molecule has 124 valence electrons. The second kappa shape index (κ2) is 5.41. The van der Waals surface area contributed by atoms with E-state index in [1.54, 1.807) is 6.33 Å². The molecule has 0 radical (unpaired) electrons. The number of carbonyl (C=O) groups is 2. The molecule has 0 saturated heterocycles. The third-order valence-electron chi connectivity index (χ3n) is 4.58. The number of nitrogens with zero attached hydrogens (tertiary/aromatic N) is 3. The quantitative estimate of drug-likeness (QED) is 0.868. The number of aromatic nitrogens is 2. The predicted molar refractivity (Wildman–Crippen MR) is 84.9 cm³/mol. The van der Waals surface area contributed by atoms with E-state index in [0.29, 0.717) is 10.2 Å². The van der Waals surface area contributed by atoms with E-state index in [0.717, 1.165) is 25.1 Å². The van der Waals surface area contributed by atoms with E-state index in [9.17, 15) is 19.1 Å². The standard InChI is InChI=1S/C16H13BrFN3O3/c17-8-4-9-10(11(18)5-8)6-21(15(9)22)14(16(23)24)13-12-2-1-3-20(12)7-19-13/h4-5,7,14H,1-3,6H2,(H,23,24). The summed E-state index contributed by atoms with van der Waals surface area (Å²) in [5.74, 6) is -2.17. The summed E-state index contributed by atoms with van der Waals surface area (Å²) in [5, 5.41) is 9.71. The van der Waals surface area contributed by atoms with Crippen molar-refractivity contribution in [3.05, 3.63) is 51.3 Å². The topological polar surface area (TPSA) is 75.4 Å². The molecule has 6 nitrogen and oxygen atoms in total. The summed E-state index contributed by atoms with van der Waals surface area (Å²) in [7, 11) is 0. The predicted octanol–water partition coefficient (Wildman–Crippen LogP) is 2.51. The van der Waals surface area contributed by atoms with Crippen LogP contribution in [0.5, 0.6) is 0 Å². The fourth-order valence-corrected chi connectivity index (χ4v) is 3.92. The average molecular weight is 394 g/mol. The first kappa shape index (κ1) is 15.3. The maximum Gasteiger partial charge on any atom is 0.332 e. The minimum Gasteiger partial charge on any atom is -0.479 e. The number of amides is 1. The number of imidazole rings is 1. The molecule has 8 heteroatoms. The Bertz CT molecular complexity index is 880. The Morgan fingerprint density at radius 1 is 1.42 bits per heavy atom. The smallest absolute Gasteiger partial charge is 0.332 e. The summed E-state index contributed by atoms with van der Waals surface area (Å²) >= 11 is 3.17. The van der Waals surface area contributed by atoms with Gasteiger partial charge in [-0.15, -0.1) is 0 Å². The average Bonchev–Trinajstić information content (AvgIpc) is 3.18. The third-order valence-corrected chi connectivity index (χ3v) is 5.03. The zero-order valence-electron chi connectivity index (χ0n) is 12.5. The highest BCUT2D eigenvalue weighted by molar-refractivity contribution is 9.10. The molecule has 1 amide bonds. The first-order valence-corrected chi connectivity index (χ1v) is 8.32. The van der Waals surface area contributed by atoms with Crippen molar-refractivity contribution in [1.29, 1.82) is 0 Å². The summed E-state index contributed by atoms with van der Waals surface area (Å²) in [4.78, 5) is 30.0. The van der Waals surface area contributed by atoms with Crippen LogP contribution in [0.3, 0.4) is 0 Å². The van der Waals surface area contributed by atoms with Gasteiger partial charge in [0.15, 0.2) is 6.04 Å². The number of hydrogen-bond donors (Lipinski definition) is 1. The number of aliphatic carboxylic acids is 1. The van der Waals surface area contributed by atoms with Gasteiger partial charge in [-0.3, -0.25) is 4.79 Å². The van der Waals surface area contributed by atoms with Gasteiger partial charge in [0.05, 0.1) is 18.6 Å². The van der Waals surface area contributed by atoms with E-state index >= 15 is 0 Å². The van der Waals surface area contributed by atoms with Gasteiger partial charge < -0.3 is 14.6 Å². The largest absolute Gasteiger partial charge is 0.479 e. The molecule has 2 aliphatic heterocycles. The highest BCUT2D eigenvalue weighted by Crippen LogP contribution is 2.36. The van der Waals surface area contributed by atoms with Crippen molar-refractivity contribution in [2.45, 2.75) is 32.0 Å². The lowest BCUT2D eigenvalue weighted by Gasteiger charge is -2.23. The molecule has 0 bridgehead atoms. The minimum atomic E-state index is -1.21. The molecule has 1 aromatic carbocycles. The van der Waals surface area contributed by atoms with E-state index in [1.807, 2.05) is 4.57 Å². The summed E-state index contributed by atoms with van der Waals surface area (Å²) in [6, 6.07) is 1.59. The van der Waals surface area contributed by atoms with Crippen molar-refractivity contribution in [2.24, 2.45) is 0 Å². The molecule has 3 heterocycles. The Kier molecular flexibility index (Phi) is 3.45. The van der Waals surface area contributed by atoms with Gasteiger partial charge in [0.25, 0.3) is 5.91 Å². The monoisotopic (exact) mass is 393 g/mol. The zero-order chi connectivity index (χ0) is 17.0. The summed E-state index contributed by atoms with van der Waals surface area (Å²) < 4.78 is 16.5. The van der Waals surface area contributed by atoms with Gasteiger partial charge in [0.2, 0.25) is 0 Å². The number of halogens is 2. The molecule has 2 aliphatic rings. The summed E-state index contributed by atoms with van der Waals surface area (Å²) in [6.07, 6.45) is 3.26. The van der Waals surface area contributed by atoms with Crippen LogP contribution in [0, 0.1) is 5.82 Å². The lowest BCUT2D eigenvalue weighted by molar-refractivity contribution is -0.142. The molecule has 1 aromatic heterocycles. The number of fused-ring (bicyclic) bond motifs is 2. The Morgan fingerprint density at radius 3 is 2.96 bits per heavy atom. The maximum atomic E-state index is 14.1. The van der Waals surface area contributed by atoms with Crippen LogP contribution < -0.4 is 0 Å². The van der Waals surface area contributed by atoms with Gasteiger partial charge in [0.1, 0.15) is 5.82 Å². The summed E-state index contributed by atoms with van der Waals surface area (Å²) in [6.45, 7) is 0.723. The Labute approximate surface area is 145 Å². The van der Waals surface area contributed by atoms with Crippen molar-refractivity contribution in [3.63, 3.8) is 0 Å². The fraction of sp³-hybridized carbons (Fsp3) is 0.312. The van der Waals surface area contributed by atoms with Crippen molar-refractivity contribution in [2.75, 3.05) is 0 Å². The van der Waals surface area contributed by atoms with Crippen LogP contribution in [0.4, 0.5) is 4.39 Å². The van der Waals surface area contributed by atoms with Gasteiger partial charge in [-0.05, 0) is 25.0 Å². The highest BCUT2D eigenvalue weighted by Gasteiger charge is 2.41. The molecule has 0 fully saturated rings. The van der Waals surface area contributed by atoms with Gasteiger partial charge >= 0.3 is 5.97 Å². The van der Waals surface area contributed by atoms with Crippen molar-refractivity contribution >= 4 is 27.8 Å². The number of benzene rings is 1. The number of carbonyl (C=O) groups excluding carboxylic acids is 1. The van der Waals surface area contributed by atoms with Crippen LogP contribution in [-0.4, -0.2) is 31.4 Å². The van der Waals surface area contributed by atoms with Crippen LogP contribution in [0.2, 0.25) is 0 Å². The maximum absolute atomic E-state index is 14.1. The van der Waals surface area contributed by atoms with Gasteiger partial charge in [0, 0.05) is 27.8 Å². The number of rotatable bonds is 3. The molecule has 0 saturated carbocycles. The van der Waals surface area contributed by atoms with Crippen LogP contribution in [0.15, 0.2) is 22.9 Å². The van der Waals surface area contributed by atoms with E-state index in [4.69, 9.17) is 0 Å². The van der Waals surface area contributed by atoms with E-state index in [1.165, 1.54) is 17.0 Å². The first-order chi connectivity index (χ1) is 11.5. The second-order valence-electron chi connectivity index (χ2n) is 5.96. The van der Waals surface area contributed by atoms with Crippen LogP contribution in [0.25, 0.3) is 0 Å². The van der Waals surface area contributed by atoms with Crippen molar-refractivity contribution in [3.8, 4) is 0 Å². The van der Waals surface area contributed by atoms with Gasteiger partial charge in [-0.25, -0.2) is 14.2 Å². The molecular formula is C16H13BrFN3O3. The molecule has 1 unspecified atom stereocenters. The minimum absolute atomic E-state index is 0.0729. The normalized spacial score (nSPS) is 17.1. The van der Waals surface area contributed by atoms with Crippen molar-refractivity contribution in [1.82, 2.24) is 14.5 Å². The van der Waals surface area contributed by atoms with Crippen LogP contribution in [0.1, 0.15) is 39.8 Å². The number of aryl methyl sites for hydroxylation is 1. The molecule has 2 aromatic rings. The molecule has 4 rings (SSSR count). The lowest BCUT2D eigenvalue weighted by atomic mass is 10.1. The molecular weight excluding hydrogens is 381 g/mol. The van der Waals surface area contributed by atoms with Gasteiger partial charge in [-0.2, -0.15) is 0 Å².